The fraction of sp³-hybridized carbons (Fsp3) is 0.0833. The van der Waals surface area contributed by atoms with Gasteiger partial charge in [-0.3, -0.25) is 0 Å². The minimum absolute atomic E-state index is 0.0972. The average molecular weight is 322 g/mol. The van der Waals surface area contributed by atoms with Gasteiger partial charge in [-0.25, -0.2) is 0 Å². The molecule has 0 radical (unpaired) electrons. The molecule has 0 spiro atoms. The van der Waals surface area contributed by atoms with Crippen molar-refractivity contribution in [2.45, 2.75) is 6.61 Å². The summed E-state index contributed by atoms with van der Waals surface area (Å²) < 4.78 is 4.94. The molecule has 0 bridgehead atoms. The smallest absolute Gasteiger partial charge is 0.267 e. The van der Waals surface area contributed by atoms with Gasteiger partial charge in [-0.2, -0.15) is 15.5 Å². The van der Waals surface area contributed by atoms with Crippen LogP contribution in [0.1, 0.15) is 5.89 Å². The number of hydrogen-bond donors (Lipinski definition) is 0. The minimum Gasteiger partial charge on any atom is -0.384 e. The van der Waals surface area contributed by atoms with E-state index in [4.69, 9.17) is 43.1 Å². The lowest BCUT2D eigenvalue weighted by molar-refractivity contribution is 0.106. The third-order valence-corrected chi connectivity index (χ3v) is 2.84. The van der Waals surface area contributed by atoms with Crippen LogP contribution in [0.15, 0.2) is 27.9 Å². The summed E-state index contributed by atoms with van der Waals surface area (Å²) in [4.78, 5) is 8.80. The summed E-state index contributed by atoms with van der Waals surface area (Å²) in [5.41, 5.74) is 0.0259. The summed E-state index contributed by atoms with van der Waals surface area (Å²) in [6, 6.07) is 8.07. The summed E-state index contributed by atoms with van der Waals surface area (Å²) in [7, 11) is 0. The molecule has 1 aromatic carbocycles. The SMILES string of the molecule is N#CC(C#N)=NOCc1nc(-c2c(Cl)cccc2Cl)no1. The molecule has 7 nitrogen and oxygen atoms in total. The largest absolute Gasteiger partial charge is 0.384 e. The van der Waals surface area contributed by atoms with Gasteiger partial charge in [0.2, 0.25) is 5.82 Å². The Kier molecular flexibility index (Phi) is 4.72. The van der Waals surface area contributed by atoms with Gasteiger partial charge in [0.05, 0.1) is 15.6 Å². The fourth-order valence-electron chi connectivity index (χ4n) is 1.34. The topological polar surface area (TPSA) is 108 Å². The van der Waals surface area contributed by atoms with E-state index in [1.807, 2.05) is 0 Å². The summed E-state index contributed by atoms with van der Waals surface area (Å²) in [6.07, 6.45) is 0. The van der Waals surface area contributed by atoms with Crippen molar-refractivity contribution < 1.29 is 9.36 Å². The van der Waals surface area contributed by atoms with Crippen LogP contribution in [-0.2, 0) is 11.4 Å². The summed E-state index contributed by atoms with van der Waals surface area (Å²) in [5, 5.41) is 24.7. The van der Waals surface area contributed by atoms with Crippen LogP contribution in [-0.4, -0.2) is 15.9 Å². The van der Waals surface area contributed by atoms with Gasteiger partial charge in [-0.1, -0.05) is 39.6 Å². The maximum atomic E-state index is 8.47. The van der Waals surface area contributed by atoms with E-state index in [-0.39, 0.29) is 18.3 Å². The molecular formula is C12H5Cl2N5O2. The van der Waals surface area contributed by atoms with Crippen LogP contribution >= 0.6 is 23.2 Å². The monoisotopic (exact) mass is 321 g/mol. The number of oxime groups is 1. The van der Waals surface area contributed by atoms with Crippen molar-refractivity contribution in [3.63, 3.8) is 0 Å². The summed E-state index contributed by atoms with van der Waals surface area (Å²) in [6.45, 7) is -0.193. The first kappa shape index (κ1) is 14.8. The van der Waals surface area contributed by atoms with Gasteiger partial charge in [-0.05, 0) is 12.1 Å². The lowest BCUT2D eigenvalue weighted by atomic mass is 10.2. The molecule has 0 aliphatic carbocycles. The number of nitrogens with zero attached hydrogens (tertiary/aromatic N) is 5. The lowest BCUT2D eigenvalue weighted by Crippen LogP contribution is -1.93. The molecule has 0 amide bonds. The number of hydrogen-bond acceptors (Lipinski definition) is 7. The van der Waals surface area contributed by atoms with Gasteiger partial charge in [-0.15, -0.1) is 0 Å². The van der Waals surface area contributed by atoms with E-state index >= 15 is 0 Å². The standard InChI is InChI=1S/C12H5Cl2N5O2/c13-8-2-1-3-9(14)11(8)12-17-10(21-19-12)6-20-18-7(4-15)5-16/h1-3H,6H2. The zero-order valence-corrected chi connectivity index (χ0v) is 11.8. The van der Waals surface area contributed by atoms with Crippen LogP contribution in [0.4, 0.5) is 0 Å². The third kappa shape index (κ3) is 3.48. The van der Waals surface area contributed by atoms with Crippen molar-refractivity contribution >= 4 is 28.9 Å². The molecule has 0 aliphatic rings. The number of benzene rings is 1. The quantitative estimate of drug-likeness (QED) is 0.632. The van der Waals surface area contributed by atoms with Gasteiger partial charge in [0, 0.05) is 0 Å². The molecule has 0 saturated heterocycles. The summed E-state index contributed by atoms with van der Waals surface area (Å²) >= 11 is 12.1. The predicted octanol–water partition coefficient (Wildman–Crippen LogP) is 2.96. The molecule has 0 fully saturated rings. The number of halogens is 2. The lowest BCUT2D eigenvalue weighted by Gasteiger charge is -2.00. The van der Waals surface area contributed by atoms with Crippen LogP contribution in [0, 0.1) is 22.7 Å². The van der Waals surface area contributed by atoms with Crippen LogP contribution in [0.2, 0.25) is 10.0 Å². The molecule has 1 aromatic heterocycles. The first-order valence-corrected chi connectivity index (χ1v) is 6.18. The predicted molar refractivity (Wildman–Crippen MR) is 73.2 cm³/mol. The molecule has 0 atom stereocenters. The number of aromatic nitrogens is 2. The molecule has 1 heterocycles. The minimum atomic E-state index is -0.413. The molecule has 0 unspecified atom stereocenters. The van der Waals surface area contributed by atoms with E-state index in [2.05, 4.69) is 15.3 Å². The highest BCUT2D eigenvalue weighted by Crippen LogP contribution is 2.32. The van der Waals surface area contributed by atoms with Crippen molar-refractivity contribution in [2.24, 2.45) is 5.16 Å². The Bertz CT molecular complexity index is 736. The van der Waals surface area contributed by atoms with Gasteiger partial charge in [0.15, 0.2) is 6.61 Å². The molecule has 21 heavy (non-hydrogen) atoms. The van der Waals surface area contributed by atoms with Gasteiger partial charge >= 0.3 is 0 Å². The molecule has 2 rings (SSSR count). The van der Waals surface area contributed by atoms with E-state index in [1.54, 1.807) is 30.3 Å². The van der Waals surface area contributed by atoms with E-state index in [9.17, 15) is 0 Å². The molecular weight excluding hydrogens is 317 g/mol. The Morgan fingerprint density at radius 3 is 2.57 bits per heavy atom. The Morgan fingerprint density at radius 1 is 1.29 bits per heavy atom. The molecule has 2 aromatic rings. The average Bonchev–Trinajstić information content (AvgIpc) is 2.92. The summed E-state index contributed by atoms with van der Waals surface area (Å²) in [5.74, 6) is 0.300. The van der Waals surface area contributed by atoms with Crippen LogP contribution in [0.25, 0.3) is 11.4 Å². The molecule has 0 N–H and O–H groups in total. The number of rotatable bonds is 4. The van der Waals surface area contributed by atoms with Crippen LogP contribution in [0.3, 0.4) is 0 Å². The molecule has 0 aliphatic heterocycles. The highest BCUT2D eigenvalue weighted by Gasteiger charge is 2.15. The molecule has 0 saturated carbocycles. The van der Waals surface area contributed by atoms with Crippen molar-refractivity contribution in [3.05, 3.63) is 34.1 Å². The zero-order valence-electron chi connectivity index (χ0n) is 10.2. The maximum Gasteiger partial charge on any atom is 0.267 e. The third-order valence-electron chi connectivity index (χ3n) is 2.21. The Labute approximate surface area is 128 Å². The Balaban J connectivity index is 2.15. The second kappa shape index (κ2) is 6.71. The van der Waals surface area contributed by atoms with Crippen molar-refractivity contribution in [1.82, 2.24) is 10.1 Å². The van der Waals surface area contributed by atoms with Crippen molar-refractivity contribution in [1.29, 1.82) is 10.5 Å². The second-order valence-corrected chi connectivity index (χ2v) is 4.36. The van der Waals surface area contributed by atoms with Crippen LogP contribution < -0.4 is 0 Å². The van der Waals surface area contributed by atoms with E-state index in [1.165, 1.54) is 0 Å². The first-order valence-electron chi connectivity index (χ1n) is 5.43. The highest BCUT2D eigenvalue weighted by atomic mass is 35.5. The van der Waals surface area contributed by atoms with E-state index < -0.39 is 5.71 Å². The van der Waals surface area contributed by atoms with Crippen molar-refractivity contribution in [2.75, 3.05) is 0 Å². The second-order valence-electron chi connectivity index (χ2n) is 3.55. The fourth-order valence-corrected chi connectivity index (χ4v) is 1.91. The van der Waals surface area contributed by atoms with E-state index in [0.29, 0.717) is 15.6 Å². The molecule has 104 valence electrons. The Hall–Kier alpha value is -2.61. The first-order chi connectivity index (χ1) is 10.2. The Morgan fingerprint density at radius 2 is 1.95 bits per heavy atom. The molecule has 9 heteroatoms. The maximum absolute atomic E-state index is 8.47. The van der Waals surface area contributed by atoms with E-state index in [0.717, 1.165) is 0 Å². The highest BCUT2D eigenvalue weighted by molar-refractivity contribution is 6.38. The van der Waals surface area contributed by atoms with Crippen LogP contribution in [0.5, 0.6) is 0 Å². The van der Waals surface area contributed by atoms with Crippen molar-refractivity contribution in [3.8, 4) is 23.5 Å². The van der Waals surface area contributed by atoms with Gasteiger partial charge in [0.1, 0.15) is 12.1 Å². The zero-order chi connectivity index (χ0) is 15.2. The normalized spacial score (nSPS) is 9.52. The van der Waals surface area contributed by atoms with Gasteiger partial charge in [0.25, 0.3) is 11.6 Å². The number of nitriles is 2. The van der Waals surface area contributed by atoms with Gasteiger partial charge < -0.3 is 9.36 Å².